The first-order valence-electron chi connectivity index (χ1n) is 17.7. The topological polar surface area (TPSA) is 123 Å². The number of nitrogens with zero attached hydrogens (tertiary/aromatic N) is 6. The molecule has 2 aromatic heterocycles. The molecule has 258 valence electrons. The summed E-state index contributed by atoms with van der Waals surface area (Å²) >= 11 is 0. The van der Waals surface area contributed by atoms with Crippen LogP contribution in [0.2, 0.25) is 0 Å². The molecule has 0 saturated carbocycles. The number of hydrogen-bond donors (Lipinski definition) is 1. The first-order chi connectivity index (χ1) is 24.3. The van der Waals surface area contributed by atoms with Crippen LogP contribution in [0.4, 0.5) is 0 Å². The molecule has 2 fully saturated rings. The van der Waals surface area contributed by atoms with Gasteiger partial charge in [0.1, 0.15) is 23.0 Å². The number of carbonyl (C=O) groups excluding carboxylic acids is 1. The minimum Gasteiger partial charge on any atom is -0.439 e. The van der Waals surface area contributed by atoms with E-state index in [9.17, 15) is 10.1 Å². The zero-order valence-corrected chi connectivity index (χ0v) is 29.1. The number of aromatic nitrogens is 2. The van der Waals surface area contributed by atoms with Crippen molar-refractivity contribution < 1.29 is 18.7 Å². The van der Waals surface area contributed by atoms with Gasteiger partial charge in [0, 0.05) is 30.8 Å². The van der Waals surface area contributed by atoms with Crippen LogP contribution < -0.4 is 0 Å². The van der Waals surface area contributed by atoms with Crippen molar-refractivity contribution in [3.63, 3.8) is 0 Å². The zero-order chi connectivity index (χ0) is 34.8. The average molecular weight is 673 g/mol. The highest BCUT2D eigenvalue weighted by Crippen LogP contribution is 2.38. The van der Waals surface area contributed by atoms with Crippen LogP contribution in [0.25, 0.3) is 45.1 Å². The number of benzene rings is 3. The molecule has 0 radical (unpaired) electrons. The minimum absolute atomic E-state index is 0.0206. The SMILES string of the molecule is CCN1CCC(O)CC1.Cc1c(-c2nc3c(o2)CN(C=O)C3)cccc1-c1cccc(-c2nc3cc(CN4CCCC4)cc(C#N)c3o2)c1C. The van der Waals surface area contributed by atoms with Gasteiger partial charge in [0.25, 0.3) is 0 Å². The lowest BCUT2D eigenvalue weighted by Gasteiger charge is -2.27. The minimum atomic E-state index is -0.0206. The van der Waals surface area contributed by atoms with E-state index in [1.807, 2.05) is 30.3 Å². The first kappa shape index (κ1) is 33.7. The van der Waals surface area contributed by atoms with Gasteiger partial charge in [-0.15, -0.1) is 0 Å². The second kappa shape index (κ2) is 14.6. The van der Waals surface area contributed by atoms with Gasteiger partial charge < -0.3 is 23.7 Å². The third-order valence-electron chi connectivity index (χ3n) is 10.3. The van der Waals surface area contributed by atoms with E-state index >= 15 is 0 Å². The molecule has 0 spiro atoms. The van der Waals surface area contributed by atoms with Gasteiger partial charge in [0.2, 0.25) is 18.2 Å². The molecule has 8 rings (SSSR count). The summed E-state index contributed by atoms with van der Waals surface area (Å²) in [5, 5.41) is 19.0. The predicted octanol–water partition coefficient (Wildman–Crippen LogP) is 6.84. The second-order valence-corrected chi connectivity index (χ2v) is 13.6. The Morgan fingerprint density at radius 1 is 0.880 bits per heavy atom. The van der Waals surface area contributed by atoms with Gasteiger partial charge in [-0.2, -0.15) is 5.26 Å². The normalized spacial score (nSPS) is 16.7. The van der Waals surface area contributed by atoms with Crippen LogP contribution in [0.15, 0.2) is 57.4 Å². The predicted molar refractivity (Wildman–Crippen MR) is 192 cm³/mol. The standard InChI is InChI=1S/C33H29N5O3.C7H15NO/c1-20-24(7-5-9-26(20)32-36-29-17-38(19-39)18-30(29)40-32)25-8-6-10-27(21(25)2)33-35-28-14-22(16-37-11-3-4-12-37)13-23(15-34)31(28)41-33;1-2-8-5-3-7(9)4-6-8/h5-10,13-14,19H,3-4,11-12,16-18H2,1-2H3;7,9H,2-6H2,1H3. The molecule has 3 aromatic carbocycles. The van der Waals surface area contributed by atoms with Crippen molar-refractivity contribution >= 4 is 17.5 Å². The van der Waals surface area contributed by atoms with Crippen molar-refractivity contribution in [1.29, 1.82) is 5.26 Å². The van der Waals surface area contributed by atoms with E-state index in [2.05, 4.69) is 54.8 Å². The number of hydrogen-bond acceptors (Lipinski definition) is 9. The van der Waals surface area contributed by atoms with Crippen molar-refractivity contribution in [2.75, 3.05) is 32.7 Å². The lowest BCUT2D eigenvalue weighted by atomic mass is 9.91. The summed E-state index contributed by atoms with van der Waals surface area (Å²) in [6.07, 6.45) is 5.18. The van der Waals surface area contributed by atoms with Crippen LogP contribution in [-0.4, -0.2) is 75.0 Å². The Kier molecular flexibility index (Phi) is 9.81. The smallest absolute Gasteiger partial charge is 0.227 e. The second-order valence-electron chi connectivity index (χ2n) is 13.6. The van der Waals surface area contributed by atoms with Gasteiger partial charge in [0.05, 0.1) is 24.8 Å². The van der Waals surface area contributed by atoms with E-state index in [0.29, 0.717) is 41.5 Å². The summed E-state index contributed by atoms with van der Waals surface area (Å²) in [5.74, 6) is 1.82. The summed E-state index contributed by atoms with van der Waals surface area (Å²) in [7, 11) is 0. The van der Waals surface area contributed by atoms with E-state index in [4.69, 9.17) is 23.9 Å². The molecule has 50 heavy (non-hydrogen) atoms. The first-order valence-corrected chi connectivity index (χ1v) is 17.7. The number of oxazole rings is 2. The number of aliphatic hydroxyl groups is 1. The van der Waals surface area contributed by atoms with Crippen molar-refractivity contribution in [2.45, 2.75) is 72.2 Å². The summed E-state index contributed by atoms with van der Waals surface area (Å²) in [5.41, 5.74) is 9.67. The Morgan fingerprint density at radius 2 is 1.52 bits per heavy atom. The molecule has 3 aliphatic heterocycles. The maximum Gasteiger partial charge on any atom is 0.227 e. The fraction of sp³-hybridized carbons (Fsp3) is 0.400. The fourth-order valence-electron chi connectivity index (χ4n) is 7.39. The number of amides is 1. The molecule has 0 unspecified atom stereocenters. The average Bonchev–Trinajstić information content (AvgIpc) is 3.94. The Balaban J connectivity index is 0.000000381. The van der Waals surface area contributed by atoms with Crippen LogP contribution in [0.3, 0.4) is 0 Å². The number of carbonyl (C=O) groups is 1. The van der Waals surface area contributed by atoms with Crippen molar-refractivity contribution in [1.82, 2.24) is 24.7 Å². The van der Waals surface area contributed by atoms with Gasteiger partial charge in [-0.1, -0.05) is 31.2 Å². The van der Waals surface area contributed by atoms with Gasteiger partial charge >= 0.3 is 0 Å². The molecule has 10 nitrogen and oxygen atoms in total. The van der Waals surface area contributed by atoms with Gasteiger partial charge in [0.15, 0.2) is 5.58 Å². The largest absolute Gasteiger partial charge is 0.439 e. The lowest BCUT2D eigenvalue weighted by molar-refractivity contribution is -0.118. The van der Waals surface area contributed by atoms with E-state index < -0.39 is 0 Å². The number of likely N-dealkylation sites (tertiary alicyclic amines) is 2. The molecule has 5 heterocycles. The van der Waals surface area contributed by atoms with Crippen LogP contribution >= 0.6 is 0 Å². The molecule has 10 heteroatoms. The monoisotopic (exact) mass is 672 g/mol. The Hall–Kier alpha value is -4.82. The van der Waals surface area contributed by atoms with Crippen LogP contribution in [0.1, 0.15) is 66.3 Å². The van der Waals surface area contributed by atoms with Gasteiger partial charge in [-0.25, -0.2) is 9.97 Å². The van der Waals surface area contributed by atoms with E-state index in [1.54, 1.807) is 4.90 Å². The molecule has 0 aliphatic carbocycles. The van der Waals surface area contributed by atoms with Crippen LogP contribution in [0.5, 0.6) is 0 Å². The summed E-state index contributed by atoms with van der Waals surface area (Å²) in [6.45, 7) is 13.5. The lowest BCUT2D eigenvalue weighted by Crippen LogP contribution is -2.35. The van der Waals surface area contributed by atoms with E-state index in [0.717, 1.165) is 109 Å². The number of nitriles is 1. The highest BCUT2D eigenvalue weighted by atomic mass is 16.4. The molecule has 1 amide bonds. The highest BCUT2D eigenvalue weighted by molar-refractivity contribution is 5.85. The zero-order valence-electron chi connectivity index (χ0n) is 29.1. The summed E-state index contributed by atoms with van der Waals surface area (Å²) in [4.78, 5) is 27.1. The molecule has 0 atom stereocenters. The highest BCUT2D eigenvalue weighted by Gasteiger charge is 2.26. The maximum atomic E-state index is 11.1. The van der Waals surface area contributed by atoms with Crippen molar-refractivity contribution in [3.8, 4) is 40.1 Å². The maximum absolute atomic E-state index is 11.1. The van der Waals surface area contributed by atoms with Gasteiger partial charge in [-0.3, -0.25) is 9.69 Å². The number of rotatable bonds is 7. The third-order valence-corrected chi connectivity index (χ3v) is 10.3. The third kappa shape index (κ3) is 6.81. The Morgan fingerprint density at radius 3 is 2.12 bits per heavy atom. The molecule has 2 saturated heterocycles. The molecule has 1 N–H and O–H groups in total. The number of aliphatic hydroxyl groups excluding tert-OH is 1. The Labute approximate surface area is 292 Å². The molecule has 3 aliphatic rings. The van der Waals surface area contributed by atoms with Crippen molar-refractivity contribution in [3.05, 3.63) is 82.2 Å². The molecular formula is C40H44N6O4. The van der Waals surface area contributed by atoms with Crippen molar-refractivity contribution in [2.24, 2.45) is 0 Å². The Bertz CT molecular complexity index is 2020. The molecule has 5 aromatic rings. The molecular weight excluding hydrogens is 628 g/mol. The molecule has 0 bridgehead atoms. The number of piperidine rings is 1. The fourth-order valence-corrected chi connectivity index (χ4v) is 7.39. The van der Waals surface area contributed by atoms with E-state index in [1.165, 1.54) is 12.8 Å². The quantitative estimate of drug-likeness (QED) is 0.185. The van der Waals surface area contributed by atoms with Crippen LogP contribution in [0, 0.1) is 25.2 Å². The summed E-state index contributed by atoms with van der Waals surface area (Å²) in [6, 6.07) is 18.5. The summed E-state index contributed by atoms with van der Waals surface area (Å²) < 4.78 is 12.3. The van der Waals surface area contributed by atoms with Crippen LogP contribution in [-0.2, 0) is 24.4 Å². The number of fused-ring (bicyclic) bond motifs is 2. The van der Waals surface area contributed by atoms with E-state index in [-0.39, 0.29) is 6.10 Å². The van der Waals surface area contributed by atoms with Gasteiger partial charge in [-0.05, 0) is 111 Å².